The van der Waals surface area contributed by atoms with E-state index in [1.165, 1.54) is 0 Å². The summed E-state index contributed by atoms with van der Waals surface area (Å²) in [5.74, 6) is 0.763. The Bertz CT molecular complexity index is 303. The number of hydrogen-bond donors (Lipinski definition) is 1. The molecule has 1 unspecified atom stereocenters. The van der Waals surface area contributed by atoms with Crippen LogP contribution in [0.5, 0.6) is 5.75 Å². The van der Waals surface area contributed by atoms with E-state index in [4.69, 9.17) is 14.2 Å². The molecule has 1 saturated heterocycles. The predicted molar refractivity (Wildman–Crippen MR) is 53.6 cm³/mol. The van der Waals surface area contributed by atoms with Gasteiger partial charge in [0.05, 0.1) is 20.3 Å². The van der Waals surface area contributed by atoms with Gasteiger partial charge < -0.3 is 19.3 Å². The molecule has 0 saturated carbocycles. The molecule has 1 heterocycles. The van der Waals surface area contributed by atoms with Gasteiger partial charge in [0.2, 0.25) is 0 Å². The Morgan fingerprint density at radius 2 is 1.87 bits per heavy atom. The molecule has 1 atom stereocenters. The molecular weight excluding hydrogens is 196 g/mol. The summed E-state index contributed by atoms with van der Waals surface area (Å²) in [6.45, 7) is 1.08. The first-order valence-electron chi connectivity index (χ1n) is 4.86. The third-order valence-electron chi connectivity index (χ3n) is 2.36. The van der Waals surface area contributed by atoms with Gasteiger partial charge in [0.25, 0.3) is 0 Å². The van der Waals surface area contributed by atoms with Gasteiger partial charge >= 0.3 is 0 Å². The van der Waals surface area contributed by atoms with Gasteiger partial charge in [-0.2, -0.15) is 0 Å². The summed E-state index contributed by atoms with van der Waals surface area (Å²) in [4.78, 5) is 0. The highest BCUT2D eigenvalue weighted by molar-refractivity contribution is 5.28. The van der Waals surface area contributed by atoms with Crippen molar-refractivity contribution in [3.63, 3.8) is 0 Å². The van der Waals surface area contributed by atoms with Crippen molar-refractivity contribution in [3.05, 3.63) is 29.8 Å². The molecule has 4 nitrogen and oxygen atoms in total. The minimum atomic E-state index is -0.738. The third-order valence-corrected chi connectivity index (χ3v) is 2.36. The molecule has 2 rings (SSSR count). The van der Waals surface area contributed by atoms with Crippen molar-refractivity contribution in [3.8, 4) is 5.75 Å². The van der Waals surface area contributed by atoms with Crippen LogP contribution in [0.15, 0.2) is 24.3 Å². The van der Waals surface area contributed by atoms with E-state index in [1.807, 2.05) is 0 Å². The van der Waals surface area contributed by atoms with Gasteiger partial charge in [0, 0.05) is 0 Å². The van der Waals surface area contributed by atoms with Crippen LogP contribution in [0.1, 0.15) is 11.7 Å². The van der Waals surface area contributed by atoms with Crippen LogP contribution < -0.4 is 4.74 Å². The van der Waals surface area contributed by atoms with Crippen molar-refractivity contribution < 1.29 is 19.3 Å². The molecule has 4 heteroatoms. The van der Waals surface area contributed by atoms with Crippen LogP contribution in [0.25, 0.3) is 0 Å². The molecule has 1 fully saturated rings. The largest absolute Gasteiger partial charge is 0.497 e. The lowest BCUT2D eigenvalue weighted by atomic mass is 10.1. The average molecular weight is 210 g/mol. The fourth-order valence-electron chi connectivity index (χ4n) is 1.52. The van der Waals surface area contributed by atoms with E-state index >= 15 is 0 Å². The summed E-state index contributed by atoms with van der Waals surface area (Å²) in [7, 11) is 1.61. The molecule has 0 amide bonds. The number of aliphatic hydroxyl groups excluding tert-OH is 1. The molecular formula is C11H14O4. The lowest BCUT2D eigenvalue weighted by Crippen LogP contribution is -2.18. The Hall–Kier alpha value is -1.10. The second kappa shape index (κ2) is 4.61. The average Bonchev–Trinajstić information content (AvgIpc) is 2.82. The van der Waals surface area contributed by atoms with Crippen LogP contribution in [-0.4, -0.2) is 31.7 Å². The van der Waals surface area contributed by atoms with Gasteiger partial charge in [-0.15, -0.1) is 0 Å². The zero-order chi connectivity index (χ0) is 10.7. The summed E-state index contributed by atoms with van der Waals surface area (Å²) in [5, 5.41) is 9.89. The Morgan fingerprint density at radius 1 is 1.27 bits per heavy atom. The maximum atomic E-state index is 9.89. The molecule has 0 aliphatic carbocycles. The molecule has 1 aromatic carbocycles. The zero-order valence-electron chi connectivity index (χ0n) is 8.55. The summed E-state index contributed by atoms with van der Waals surface area (Å²) >= 11 is 0. The fraction of sp³-hybridized carbons (Fsp3) is 0.455. The Kier molecular flexibility index (Phi) is 3.20. The Labute approximate surface area is 88.4 Å². The topological polar surface area (TPSA) is 47.9 Å². The third kappa shape index (κ3) is 2.28. The van der Waals surface area contributed by atoms with Gasteiger partial charge in [-0.3, -0.25) is 0 Å². The van der Waals surface area contributed by atoms with Crippen LogP contribution in [0.4, 0.5) is 0 Å². The smallest absolute Gasteiger partial charge is 0.187 e. The van der Waals surface area contributed by atoms with Crippen LogP contribution in [0, 0.1) is 0 Å². The van der Waals surface area contributed by atoms with Gasteiger partial charge in [-0.25, -0.2) is 0 Å². The monoisotopic (exact) mass is 210 g/mol. The maximum Gasteiger partial charge on any atom is 0.187 e. The molecule has 0 bridgehead atoms. The van der Waals surface area contributed by atoms with Crippen molar-refractivity contribution in [2.75, 3.05) is 20.3 Å². The fourth-order valence-corrected chi connectivity index (χ4v) is 1.52. The van der Waals surface area contributed by atoms with E-state index in [9.17, 15) is 5.11 Å². The van der Waals surface area contributed by atoms with Gasteiger partial charge in [-0.1, -0.05) is 12.1 Å². The highest BCUT2D eigenvalue weighted by Gasteiger charge is 2.26. The van der Waals surface area contributed by atoms with E-state index in [2.05, 4.69) is 0 Å². The van der Waals surface area contributed by atoms with E-state index in [1.54, 1.807) is 31.4 Å². The van der Waals surface area contributed by atoms with Crippen molar-refractivity contribution in [2.45, 2.75) is 12.4 Å². The number of hydrogen-bond acceptors (Lipinski definition) is 4. The van der Waals surface area contributed by atoms with Gasteiger partial charge in [-0.05, 0) is 17.7 Å². The highest BCUT2D eigenvalue weighted by Crippen LogP contribution is 2.24. The minimum Gasteiger partial charge on any atom is -0.497 e. The van der Waals surface area contributed by atoms with Gasteiger partial charge in [0.1, 0.15) is 11.9 Å². The number of benzene rings is 1. The van der Waals surface area contributed by atoms with E-state index in [0.717, 1.165) is 11.3 Å². The Morgan fingerprint density at radius 3 is 2.40 bits per heavy atom. The molecule has 82 valence electrons. The van der Waals surface area contributed by atoms with Crippen LogP contribution in [-0.2, 0) is 9.47 Å². The summed E-state index contributed by atoms with van der Waals surface area (Å²) in [6.07, 6.45) is -1.28. The second-order valence-corrected chi connectivity index (χ2v) is 3.33. The number of rotatable bonds is 3. The van der Waals surface area contributed by atoms with Crippen molar-refractivity contribution in [1.29, 1.82) is 0 Å². The van der Waals surface area contributed by atoms with E-state index in [-0.39, 0.29) is 0 Å². The first-order chi connectivity index (χ1) is 7.31. The number of aliphatic hydroxyl groups is 1. The molecule has 1 aliphatic heterocycles. The molecule has 1 aromatic rings. The molecule has 15 heavy (non-hydrogen) atoms. The summed E-state index contributed by atoms with van der Waals surface area (Å²) in [5.41, 5.74) is 0.766. The van der Waals surface area contributed by atoms with Crippen LogP contribution in [0.2, 0.25) is 0 Å². The van der Waals surface area contributed by atoms with Crippen molar-refractivity contribution in [2.24, 2.45) is 0 Å². The Balaban J connectivity index is 2.07. The maximum absolute atomic E-state index is 9.89. The van der Waals surface area contributed by atoms with Crippen molar-refractivity contribution >= 4 is 0 Å². The SMILES string of the molecule is COc1ccc(C(O)C2OCCO2)cc1. The lowest BCUT2D eigenvalue weighted by Gasteiger charge is -2.17. The van der Waals surface area contributed by atoms with Crippen molar-refractivity contribution in [1.82, 2.24) is 0 Å². The molecule has 1 N–H and O–H groups in total. The van der Waals surface area contributed by atoms with E-state index in [0.29, 0.717) is 13.2 Å². The predicted octanol–water partition coefficient (Wildman–Crippen LogP) is 1.10. The summed E-state index contributed by atoms with van der Waals surface area (Å²) in [6, 6.07) is 7.20. The van der Waals surface area contributed by atoms with Crippen LogP contribution >= 0.6 is 0 Å². The van der Waals surface area contributed by atoms with Gasteiger partial charge in [0.15, 0.2) is 6.29 Å². The highest BCUT2D eigenvalue weighted by atomic mass is 16.7. The summed E-state index contributed by atoms with van der Waals surface area (Å²) < 4.78 is 15.5. The quantitative estimate of drug-likeness (QED) is 0.811. The van der Waals surface area contributed by atoms with Crippen LogP contribution in [0.3, 0.4) is 0 Å². The number of methoxy groups -OCH3 is 1. The first-order valence-corrected chi connectivity index (χ1v) is 4.86. The molecule has 0 aromatic heterocycles. The normalized spacial score (nSPS) is 19.1. The van der Waals surface area contributed by atoms with E-state index < -0.39 is 12.4 Å². The standard InChI is InChI=1S/C11H14O4/c1-13-9-4-2-8(3-5-9)10(12)11-14-6-7-15-11/h2-5,10-12H,6-7H2,1H3. The second-order valence-electron chi connectivity index (χ2n) is 3.33. The molecule has 0 spiro atoms. The first kappa shape index (κ1) is 10.4. The molecule has 0 radical (unpaired) electrons. The zero-order valence-corrected chi connectivity index (χ0v) is 8.55. The number of ether oxygens (including phenoxy) is 3. The minimum absolute atomic E-state index is 0.540. The lowest BCUT2D eigenvalue weighted by molar-refractivity contribution is -0.122. The molecule has 1 aliphatic rings.